The third-order valence-corrected chi connectivity index (χ3v) is 4.14. The Kier molecular flexibility index (Phi) is 4.46. The van der Waals surface area contributed by atoms with Gasteiger partial charge in [-0.05, 0) is 43.4 Å². The van der Waals surface area contributed by atoms with Crippen molar-refractivity contribution in [3.05, 3.63) is 42.1 Å². The van der Waals surface area contributed by atoms with E-state index in [1.165, 1.54) is 0 Å². The van der Waals surface area contributed by atoms with E-state index in [2.05, 4.69) is 27.7 Å². The zero-order chi connectivity index (χ0) is 16.2. The molecule has 1 amide bonds. The molecule has 1 unspecified atom stereocenters. The standard InChI is InChI=1S/C18H21N3O2/c1-12-17(14-7-9-15(23-2)10-8-14)18(21-20-12)19-16(22)11-13-5-3-4-6-13/h3,5,7-10,13H,4,6,11H2,1-2H3,(H2,19,20,21,22). The summed E-state index contributed by atoms with van der Waals surface area (Å²) in [7, 11) is 1.64. The van der Waals surface area contributed by atoms with Gasteiger partial charge < -0.3 is 10.1 Å². The Balaban J connectivity index is 1.77. The van der Waals surface area contributed by atoms with Crippen LogP contribution in [-0.2, 0) is 4.79 Å². The van der Waals surface area contributed by atoms with Gasteiger partial charge >= 0.3 is 0 Å². The number of carbonyl (C=O) groups is 1. The molecule has 1 aliphatic carbocycles. The zero-order valence-electron chi connectivity index (χ0n) is 13.4. The fourth-order valence-electron chi connectivity index (χ4n) is 2.92. The third kappa shape index (κ3) is 3.44. The summed E-state index contributed by atoms with van der Waals surface area (Å²) in [6.45, 7) is 1.95. The Bertz CT molecular complexity index is 716. The van der Waals surface area contributed by atoms with E-state index in [0.29, 0.717) is 18.2 Å². The second kappa shape index (κ2) is 6.69. The van der Waals surface area contributed by atoms with Crippen LogP contribution < -0.4 is 10.1 Å². The van der Waals surface area contributed by atoms with Crippen molar-refractivity contribution in [2.45, 2.75) is 26.2 Å². The Morgan fingerprint density at radius 2 is 2.17 bits per heavy atom. The number of amides is 1. The van der Waals surface area contributed by atoms with Crippen molar-refractivity contribution < 1.29 is 9.53 Å². The lowest BCUT2D eigenvalue weighted by molar-refractivity contribution is -0.116. The Morgan fingerprint density at radius 3 is 2.83 bits per heavy atom. The zero-order valence-corrected chi connectivity index (χ0v) is 13.4. The molecule has 1 aliphatic rings. The number of aromatic nitrogens is 2. The van der Waals surface area contributed by atoms with E-state index >= 15 is 0 Å². The number of carbonyl (C=O) groups excluding carboxylic acids is 1. The summed E-state index contributed by atoms with van der Waals surface area (Å²) in [5.41, 5.74) is 2.84. The number of hydrogen-bond acceptors (Lipinski definition) is 3. The van der Waals surface area contributed by atoms with Crippen LogP contribution >= 0.6 is 0 Å². The van der Waals surface area contributed by atoms with Crippen LogP contribution in [0.4, 0.5) is 5.82 Å². The average Bonchev–Trinajstić information content (AvgIpc) is 3.18. The highest BCUT2D eigenvalue weighted by atomic mass is 16.5. The van der Waals surface area contributed by atoms with Crippen molar-refractivity contribution >= 4 is 11.7 Å². The van der Waals surface area contributed by atoms with Crippen LogP contribution in [0.2, 0.25) is 0 Å². The fourth-order valence-corrected chi connectivity index (χ4v) is 2.92. The van der Waals surface area contributed by atoms with Crippen molar-refractivity contribution in [3.63, 3.8) is 0 Å². The van der Waals surface area contributed by atoms with Gasteiger partial charge in [0, 0.05) is 17.7 Å². The van der Waals surface area contributed by atoms with E-state index in [9.17, 15) is 4.79 Å². The molecule has 0 bridgehead atoms. The van der Waals surface area contributed by atoms with Gasteiger partial charge in [-0.1, -0.05) is 24.3 Å². The summed E-state index contributed by atoms with van der Waals surface area (Å²) in [5.74, 6) is 1.73. The van der Waals surface area contributed by atoms with Crippen LogP contribution in [0.3, 0.4) is 0 Å². The van der Waals surface area contributed by atoms with Crippen LogP contribution in [-0.4, -0.2) is 23.2 Å². The second-order valence-corrected chi connectivity index (χ2v) is 5.82. The number of aromatic amines is 1. The first-order valence-corrected chi connectivity index (χ1v) is 7.83. The van der Waals surface area contributed by atoms with Gasteiger partial charge in [-0.25, -0.2) is 0 Å². The molecule has 0 spiro atoms. The molecular weight excluding hydrogens is 290 g/mol. The maximum atomic E-state index is 12.2. The van der Waals surface area contributed by atoms with Crippen molar-refractivity contribution in [3.8, 4) is 16.9 Å². The number of anilines is 1. The summed E-state index contributed by atoms with van der Waals surface area (Å²) in [4.78, 5) is 12.2. The smallest absolute Gasteiger partial charge is 0.226 e. The molecule has 2 aromatic rings. The van der Waals surface area contributed by atoms with Crippen molar-refractivity contribution in [2.75, 3.05) is 12.4 Å². The van der Waals surface area contributed by atoms with E-state index in [-0.39, 0.29) is 5.91 Å². The van der Waals surface area contributed by atoms with E-state index in [1.54, 1.807) is 7.11 Å². The molecule has 0 saturated heterocycles. The van der Waals surface area contributed by atoms with E-state index in [0.717, 1.165) is 35.4 Å². The van der Waals surface area contributed by atoms with Gasteiger partial charge in [0.25, 0.3) is 0 Å². The predicted octanol–water partition coefficient (Wildman–Crippen LogP) is 3.69. The molecule has 1 aromatic heterocycles. The first-order chi connectivity index (χ1) is 11.2. The Hall–Kier alpha value is -2.56. The lowest BCUT2D eigenvalue weighted by Crippen LogP contribution is -2.15. The number of ether oxygens (including phenoxy) is 1. The normalized spacial score (nSPS) is 16.5. The molecule has 1 aromatic carbocycles. The number of aryl methyl sites for hydroxylation is 1. The van der Waals surface area contributed by atoms with Crippen LogP contribution in [0.25, 0.3) is 11.1 Å². The monoisotopic (exact) mass is 311 g/mol. The number of methoxy groups -OCH3 is 1. The van der Waals surface area contributed by atoms with Crippen LogP contribution in [0, 0.1) is 12.8 Å². The summed E-state index contributed by atoms with van der Waals surface area (Å²) < 4.78 is 5.19. The highest BCUT2D eigenvalue weighted by molar-refractivity contribution is 5.94. The van der Waals surface area contributed by atoms with Crippen LogP contribution in [0.15, 0.2) is 36.4 Å². The largest absolute Gasteiger partial charge is 0.497 e. The number of nitrogens with zero attached hydrogens (tertiary/aromatic N) is 1. The van der Waals surface area contributed by atoms with Crippen molar-refractivity contribution in [1.29, 1.82) is 0 Å². The van der Waals surface area contributed by atoms with E-state index < -0.39 is 0 Å². The average molecular weight is 311 g/mol. The van der Waals surface area contributed by atoms with Gasteiger partial charge in [-0.3, -0.25) is 9.89 Å². The number of allylic oxidation sites excluding steroid dienone is 2. The minimum atomic E-state index is 0.00260. The van der Waals surface area contributed by atoms with Gasteiger partial charge in [0.2, 0.25) is 5.91 Å². The van der Waals surface area contributed by atoms with Gasteiger partial charge in [0.1, 0.15) is 5.75 Å². The summed E-state index contributed by atoms with van der Waals surface area (Å²) >= 11 is 0. The maximum absolute atomic E-state index is 12.2. The van der Waals surface area contributed by atoms with Crippen LogP contribution in [0.1, 0.15) is 25.0 Å². The lowest BCUT2D eigenvalue weighted by atomic mass is 10.0. The SMILES string of the molecule is COc1ccc(-c2c(NC(=O)CC3C=CCC3)n[nH]c2C)cc1. The number of benzene rings is 1. The van der Waals surface area contributed by atoms with Gasteiger partial charge in [0.15, 0.2) is 5.82 Å². The van der Waals surface area contributed by atoms with Gasteiger partial charge in [0.05, 0.1) is 7.11 Å². The molecular formula is C18H21N3O2. The molecule has 5 nitrogen and oxygen atoms in total. The van der Waals surface area contributed by atoms with Crippen LogP contribution in [0.5, 0.6) is 5.75 Å². The second-order valence-electron chi connectivity index (χ2n) is 5.82. The quantitative estimate of drug-likeness (QED) is 0.828. The number of hydrogen-bond donors (Lipinski definition) is 2. The molecule has 1 heterocycles. The molecule has 3 rings (SSSR count). The molecule has 120 valence electrons. The molecule has 0 fully saturated rings. The fraction of sp³-hybridized carbons (Fsp3) is 0.333. The molecule has 0 aliphatic heterocycles. The lowest BCUT2D eigenvalue weighted by Gasteiger charge is -2.09. The minimum absolute atomic E-state index is 0.00260. The first kappa shape index (κ1) is 15.3. The molecule has 1 atom stereocenters. The Labute approximate surface area is 135 Å². The first-order valence-electron chi connectivity index (χ1n) is 7.83. The topological polar surface area (TPSA) is 67.0 Å². The molecule has 0 radical (unpaired) electrons. The van der Waals surface area contributed by atoms with Crippen molar-refractivity contribution in [2.24, 2.45) is 5.92 Å². The Morgan fingerprint density at radius 1 is 1.39 bits per heavy atom. The summed E-state index contributed by atoms with van der Waals surface area (Å²) in [6.07, 6.45) is 6.89. The number of rotatable bonds is 5. The molecule has 5 heteroatoms. The van der Waals surface area contributed by atoms with Gasteiger partial charge in [-0.15, -0.1) is 0 Å². The molecule has 0 saturated carbocycles. The highest BCUT2D eigenvalue weighted by Crippen LogP contribution is 2.31. The minimum Gasteiger partial charge on any atom is -0.497 e. The maximum Gasteiger partial charge on any atom is 0.226 e. The highest BCUT2D eigenvalue weighted by Gasteiger charge is 2.18. The van der Waals surface area contributed by atoms with E-state index in [4.69, 9.17) is 4.74 Å². The predicted molar refractivity (Wildman–Crippen MR) is 90.4 cm³/mol. The third-order valence-electron chi connectivity index (χ3n) is 4.14. The summed E-state index contributed by atoms with van der Waals surface area (Å²) in [5, 5.41) is 10.1. The molecule has 23 heavy (non-hydrogen) atoms. The van der Waals surface area contributed by atoms with Crippen molar-refractivity contribution in [1.82, 2.24) is 10.2 Å². The molecule has 2 N–H and O–H groups in total. The summed E-state index contributed by atoms with van der Waals surface area (Å²) in [6, 6.07) is 7.73. The van der Waals surface area contributed by atoms with E-state index in [1.807, 2.05) is 31.2 Å². The van der Waals surface area contributed by atoms with Gasteiger partial charge in [-0.2, -0.15) is 5.10 Å². The number of H-pyrrole nitrogens is 1. The number of nitrogens with one attached hydrogen (secondary N) is 2.